The summed E-state index contributed by atoms with van der Waals surface area (Å²) in [5.41, 5.74) is 0.577. The Labute approximate surface area is 110 Å². The number of rotatable bonds is 4. The van der Waals surface area contributed by atoms with Crippen molar-refractivity contribution < 1.29 is 14.3 Å². The Morgan fingerprint density at radius 2 is 1.67 bits per heavy atom. The molecule has 0 aliphatic rings. The molecule has 0 aliphatic carbocycles. The second-order valence-corrected chi connectivity index (χ2v) is 5.13. The van der Waals surface area contributed by atoms with Gasteiger partial charge in [-0.15, -0.1) is 11.3 Å². The largest absolute Gasteiger partial charge is 0.497 e. The second kappa shape index (κ2) is 5.23. The average molecular weight is 262 g/mol. The monoisotopic (exact) mass is 262 g/mol. The Morgan fingerprint density at radius 3 is 2.11 bits per heavy atom. The normalized spacial score (nSPS) is 10.2. The van der Waals surface area contributed by atoms with Gasteiger partial charge < -0.3 is 9.47 Å². The molecular weight excluding hydrogens is 248 g/mol. The van der Waals surface area contributed by atoms with Gasteiger partial charge in [-0.2, -0.15) is 0 Å². The van der Waals surface area contributed by atoms with E-state index < -0.39 is 0 Å². The number of hydrogen-bond acceptors (Lipinski definition) is 4. The first-order valence-electron chi connectivity index (χ1n) is 5.48. The van der Waals surface area contributed by atoms with Crippen molar-refractivity contribution in [3.05, 3.63) is 45.6 Å². The molecule has 1 aromatic carbocycles. The maximum absolute atomic E-state index is 12.3. The van der Waals surface area contributed by atoms with E-state index in [1.54, 1.807) is 32.4 Å². The summed E-state index contributed by atoms with van der Waals surface area (Å²) < 4.78 is 10.3. The van der Waals surface area contributed by atoms with E-state index in [4.69, 9.17) is 9.47 Å². The average Bonchev–Trinajstić information content (AvgIpc) is 2.83. The Bertz CT molecular complexity index is 550. The van der Waals surface area contributed by atoms with E-state index in [1.807, 2.05) is 19.1 Å². The van der Waals surface area contributed by atoms with Gasteiger partial charge in [0.05, 0.1) is 19.1 Å². The predicted molar refractivity (Wildman–Crippen MR) is 72.0 cm³/mol. The standard InChI is InChI=1S/C14H14O3S/c1-9-4-5-13(18-9)14(15)10-6-11(16-2)8-12(7-10)17-3/h4-8H,1-3H3. The Kier molecular flexibility index (Phi) is 3.67. The molecule has 0 spiro atoms. The molecule has 0 atom stereocenters. The van der Waals surface area contributed by atoms with Gasteiger partial charge >= 0.3 is 0 Å². The third kappa shape index (κ3) is 2.54. The number of ketones is 1. The third-order valence-corrected chi connectivity index (χ3v) is 3.58. The zero-order valence-corrected chi connectivity index (χ0v) is 11.3. The number of thiophene rings is 1. The van der Waals surface area contributed by atoms with Crippen molar-refractivity contribution in [1.29, 1.82) is 0 Å². The molecule has 0 radical (unpaired) electrons. The summed E-state index contributed by atoms with van der Waals surface area (Å²) in [7, 11) is 3.14. The summed E-state index contributed by atoms with van der Waals surface area (Å²) in [6.45, 7) is 1.98. The first-order valence-corrected chi connectivity index (χ1v) is 6.30. The minimum absolute atomic E-state index is 0.00898. The Balaban J connectivity index is 2.40. The summed E-state index contributed by atoms with van der Waals surface area (Å²) >= 11 is 1.49. The summed E-state index contributed by atoms with van der Waals surface area (Å²) in [5, 5.41) is 0. The third-order valence-electron chi connectivity index (χ3n) is 2.58. The zero-order chi connectivity index (χ0) is 13.1. The molecule has 1 aromatic heterocycles. The molecule has 2 aromatic rings. The van der Waals surface area contributed by atoms with E-state index in [9.17, 15) is 4.79 Å². The highest BCUT2D eigenvalue weighted by atomic mass is 32.1. The van der Waals surface area contributed by atoms with Gasteiger partial charge in [0.15, 0.2) is 0 Å². The van der Waals surface area contributed by atoms with Gasteiger partial charge in [0.25, 0.3) is 0 Å². The first-order chi connectivity index (χ1) is 8.63. The minimum atomic E-state index is -0.00898. The number of aryl methyl sites for hydroxylation is 1. The van der Waals surface area contributed by atoms with Gasteiger partial charge in [-0.25, -0.2) is 0 Å². The molecule has 3 nitrogen and oxygen atoms in total. The van der Waals surface area contributed by atoms with E-state index >= 15 is 0 Å². The number of carbonyl (C=O) groups excluding carboxylic acids is 1. The van der Waals surface area contributed by atoms with Crippen LogP contribution in [0.25, 0.3) is 0 Å². The Morgan fingerprint density at radius 1 is 1.06 bits per heavy atom. The van der Waals surface area contributed by atoms with Crippen LogP contribution in [0.15, 0.2) is 30.3 Å². The van der Waals surface area contributed by atoms with E-state index in [2.05, 4.69) is 0 Å². The van der Waals surface area contributed by atoms with Gasteiger partial charge in [0, 0.05) is 16.5 Å². The van der Waals surface area contributed by atoms with Crippen LogP contribution < -0.4 is 9.47 Å². The van der Waals surface area contributed by atoms with Crippen LogP contribution in [0.4, 0.5) is 0 Å². The summed E-state index contributed by atoms with van der Waals surface area (Å²) in [4.78, 5) is 14.1. The molecule has 4 heteroatoms. The maximum atomic E-state index is 12.3. The van der Waals surface area contributed by atoms with Crippen LogP contribution in [-0.2, 0) is 0 Å². The zero-order valence-electron chi connectivity index (χ0n) is 10.5. The molecule has 0 N–H and O–H groups in total. The lowest BCUT2D eigenvalue weighted by molar-refractivity contribution is 0.104. The van der Waals surface area contributed by atoms with E-state index in [0.29, 0.717) is 17.1 Å². The van der Waals surface area contributed by atoms with Crippen LogP contribution in [0, 0.1) is 6.92 Å². The first kappa shape index (κ1) is 12.6. The van der Waals surface area contributed by atoms with Crippen LogP contribution in [0.2, 0.25) is 0 Å². The van der Waals surface area contributed by atoms with Gasteiger partial charge in [-0.1, -0.05) is 0 Å². The van der Waals surface area contributed by atoms with E-state index in [-0.39, 0.29) is 5.78 Å². The van der Waals surface area contributed by atoms with Crippen LogP contribution in [-0.4, -0.2) is 20.0 Å². The molecule has 1 heterocycles. The molecule has 18 heavy (non-hydrogen) atoms. The lowest BCUT2D eigenvalue weighted by atomic mass is 10.1. The van der Waals surface area contributed by atoms with Crippen LogP contribution in [0.3, 0.4) is 0 Å². The highest BCUT2D eigenvalue weighted by Crippen LogP contribution is 2.26. The van der Waals surface area contributed by atoms with Gasteiger partial charge in [-0.3, -0.25) is 4.79 Å². The van der Waals surface area contributed by atoms with Crippen LogP contribution >= 0.6 is 11.3 Å². The van der Waals surface area contributed by atoms with E-state index in [1.165, 1.54) is 11.3 Å². The molecule has 0 bridgehead atoms. The molecule has 0 amide bonds. The quantitative estimate of drug-likeness (QED) is 0.793. The lowest BCUT2D eigenvalue weighted by Gasteiger charge is -2.07. The van der Waals surface area contributed by atoms with Crippen molar-refractivity contribution in [3.63, 3.8) is 0 Å². The summed E-state index contributed by atoms with van der Waals surface area (Å²) in [6.07, 6.45) is 0. The molecule has 2 rings (SSSR count). The molecule has 0 saturated carbocycles. The smallest absolute Gasteiger partial charge is 0.203 e. The van der Waals surface area contributed by atoms with Crippen LogP contribution in [0.5, 0.6) is 11.5 Å². The van der Waals surface area contributed by atoms with Crippen molar-refractivity contribution in [2.45, 2.75) is 6.92 Å². The minimum Gasteiger partial charge on any atom is -0.497 e. The molecule has 0 aliphatic heterocycles. The van der Waals surface area contributed by atoms with Crippen molar-refractivity contribution >= 4 is 17.1 Å². The number of methoxy groups -OCH3 is 2. The van der Waals surface area contributed by atoms with Crippen molar-refractivity contribution in [2.24, 2.45) is 0 Å². The molecule has 0 fully saturated rings. The van der Waals surface area contributed by atoms with Crippen molar-refractivity contribution in [3.8, 4) is 11.5 Å². The van der Waals surface area contributed by atoms with Crippen molar-refractivity contribution in [2.75, 3.05) is 14.2 Å². The highest BCUT2D eigenvalue weighted by Gasteiger charge is 2.13. The fourth-order valence-electron chi connectivity index (χ4n) is 1.64. The van der Waals surface area contributed by atoms with Gasteiger partial charge in [0.2, 0.25) is 5.78 Å². The molecular formula is C14H14O3S. The van der Waals surface area contributed by atoms with E-state index in [0.717, 1.165) is 9.75 Å². The predicted octanol–water partition coefficient (Wildman–Crippen LogP) is 3.30. The van der Waals surface area contributed by atoms with Gasteiger partial charge in [0.1, 0.15) is 11.5 Å². The number of ether oxygens (including phenoxy) is 2. The molecule has 0 saturated heterocycles. The molecule has 94 valence electrons. The van der Waals surface area contributed by atoms with Crippen LogP contribution in [0.1, 0.15) is 20.1 Å². The second-order valence-electron chi connectivity index (χ2n) is 3.84. The summed E-state index contributed by atoms with van der Waals surface area (Å²) in [5.74, 6) is 1.22. The number of hydrogen-bond donors (Lipinski definition) is 0. The number of carbonyl (C=O) groups is 1. The Hall–Kier alpha value is -1.81. The van der Waals surface area contributed by atoms with Crippen molar-refractivity contribution in [1.82, 2.24) is 0 Å². The fourth-order valence-corrected chi connectivity index (χ4v) is 2.47. The van der Waals surface area contributed by atoms with Gasteiger partial charge in [-0.05, 0) is 31.2 Å². The highest BCUT2D eigenvalue weighted by molar-refractivity contribution is 7.14. The lowest BCUT2D eigenvalue weighted by Crippen LogP contribution is -2.00. The summed E-state index contributed by atoms with van der Waals surface area (Å²) in [6, 6.07) is 8.97. The number of benzene rings is 1. The SMILES string of the molecule is COc1cc(OC)cc(C(=O)c2ccc(C)s2)c1. The molecule has 0 unspecified atom stereocenters. The topological polar surface area (TPSA) is 35.5 Å². The maximum Gasteiger partial charge on any atom is 0.203 e. The fraction of sp³-hybridized carbons (Fsp3) is 0.214.